The summed E-state index contributed by atoms with van der Waals surface area (Å²) in [6.45, 7) is 0. The Kier molecular flexibility index (Phi) is 6.43. The van der Waals surface area contributed by atoms with Crippen LogP contribution in [0.3, 0.4) is 0 Å². The van der Waals surface area contributed by atoms with Crippen molar-refractivity contribution in [2.75, 3.05) is 7.11 Å². The van der Waals surface area contributed by atoms with E-state index in [9.17, 15) is 9.59 Å². The number of carbonyl (C=O) groups excluding carboxylic acids is 2. The molecule has 1 aromatic carbocycles. The zero-order chi connectivity index (χ0) is 16.7. The number of hydrogen-bond donors (Lipinski definition) is 2. The van der Waals surface area contributed by atoms with Gasteiger partial charge >= 0.3 is 0 Å². The second-order valence-corrected chi connectivity index (χ2v) is 6.25. The lowest BCUT2D eigenvalue weighted by molar-refractivity contribution is -0.121. The van der Waals surface area contributed by atoms with Crippen molar-refractivity contribution in [3.63, 3.8) is 0 Å². The summed E-state index contributed by atoms with van der Waals surface area (Å²) in [4.78, 5) is 25.1. The van der Waals surface area contributed by atoms with Crippen LogP contribution in [0.2, 0.25) is 5.02 Å². The lowest BCUT2D eigenvalue weighted by Crippen LogP contribution is -2.41. The molecule has 0 radical (unpaired) electrons. The molecular formula is C16H17ClN2O3S. The summed E-state index contributed by atoms with van der Waals surface area (Å²) in [5.74, 6) is -0.328. The molecule has 2 rings (SSSR count). The molecule has 0 aliphatic heterocycles. The Balaban J connectivity index is 1.79. The van der Waals surface area contributed by atoms with Crippen molar-refractivity contribution in [1.82, 2.24) is 10.9 Å². The van der Waals surface area contributed by atoms with Crippen LogP contribution in [0.15, 0.2) is 35.7 Å². The van der Waals surface area contributed by atoms with Gasteiger partial charge in [0, 0.05) is 16.3 Å². The number of ether oxygens (including phenoxy) is 1. The smallest absolute Gasteiger partial charge is 0.273 e. The minimum absolute atomic E-state index is 0.240. The van der Waals surface area contributed by atoms with E-state index < -0.39 is 5.91 Å². The van der Waals surface area contributed by atoms with Gasteiger partial charge < -0.3 is 4.74 Å². The average molecular weight is 353 g/mol. The van der Waals surface area contributed by atoms with Crippen LogP contribution in [-0.4, -0.2) is 18.9 Å². The second kappa shape index (κ2) is 8.55. The number of hydrazine groups is 1. The molecule has 2 amide bonds. The minimum Gasteiger partial charge on any atom is -0.496 e. The Hall–Kier alpha value is -2.05. The Morgan fingerprint density at radius 1 is 1.26 bits per heavy atom. The van der Waals surface area contributed by atoms with E-state index in [1.165, 1.54) is 18.1 Å². The van der Waals surface area contributed by atoms with Gasteiger partial charge in [0.05, 0.1) is 12.7 Å². The van der Waals surface area contributed by atoms with Gasteiger partial charge in [-0.05, 0) is 42.5 Å². The maximum atomic E-state index is 12.1. The van der Waals surface area contributed by atoms with Crippen molar-refractivity contribution >= 4 is 34.8 Å². The van der Waals surface area contributed by atoms with Crippen LogP contribution in [0.5, 0.6) is 5.75 Å². The van der Waals surface area contributed by atoms with Crippen molar-refractivity contribution in [3.05, 3.63) is 51.2 Å². The number of carbonyl (C=O) groups is 2. The number of aryl methyl sites for hydroxylation is 1. The first-order chi connectivity index (χ1) is 11.1. The minimum atomic E-state index is -0.476. The molecule has 0 aliphatic carbocycles. The Morgan fingerprint density at radius 3 is 2.78 bits per heavy atom. The van der Waals surface area contributed by atoms with Gasteiger partial charge in [-0.2, -0.15) is 0 Å². The fraction of sp³-hybridized carbons (Fsp3) is 0.250. The SMILES string of the molecule is COc1ccc(Cl)cc1C(=O)NNC(=O)CCCc1cccs1. The third-order valence-corrected chi connectivity index (χ3v) is 4.30. The third kappa shape index (κ3) is 5.26. The predicted molar refractivity (Wildman–Crippen MR) is 90.9 cm³/mol. The Bertz CT molecular complexity index is 674. The Labute approximate surface area is 143 Å². The molecule has 0 bridgehead atoms. The average Bonchev–Trinajstić information content (AvgIpc) is 3.06. The maximum absolute atomic E-state index is 12.1. The van der Waals surface area contributed by atoms with E-state index in [0.29, 0.717) is 17.2 Å². The predicted octanol–water partition coefficient (Wildman–Crippen LogP) is 3.19. The van der Waals surface area contributed by atoms with Gasteiger partial charge in [0.25, 0.3) is 5.91 Å². The summed E-state index contributed by atoms with van der Waals surface area (Å²) in [5.41, 5.74) is 5.03. The fourth-order valence-corrected chi connectivity index (χ4v) is 2.92. The number of amides is 2. The van der Waals surface area contributed by atoms with E-state index in [-0.39, 0.29) is 11.5 Å². The summed E-state index contributed by atoms with van der Waals surface area (Å²) >= 11 is 7.54. The highest BCUT2D eigenvalue weighted by atomic mass is 35.5. The van der Waals surface area contributed by atoms with Gasteiger partial charge in [-0.3, -0.25) is 20.4 Å². The van der Waals surface area contributed by atoms with E-state index >= 15 is 0 Å². The van der Waals surface area contributed by atoms with E-state index in [1.54, 1.807) is 23.5 Å². The summed E-state index contributed by atoms with van der Waals surface area (Å²) in [6.07, 6.45) is 1.91. The highest BCUT2D eigenvalue weighted by Gasteiger charge is 2.13. The molecule has 0 saturated heterocycles. The topological polar surface area (TPSA) is 67.4 Å². The standard InChI is InChI=1S/C16H17ClN2O3S/c1-22-14-8-7-11(17)10-13(14)16(21)19-18-15(20)6-2-4-12-5-3-9-23-12/h3,5,7-10H,2,4,6H2,1H3,(H,18,20)(H,19,21). The first-order valence-electron chi connectivity index (χ1n) is 7.05. The van der Waals surface area contributed by atoms with Crippen LogP contribution in [-0.2, 0) is 11.2 Å². The van der Waals surface area contributed by atoms with Gasteiger partial charge in [-0.15, -0.1) is 11.3 Å². The monoisotopic (exact) mass is 352 g/mol. The molecule has 0 atom stereocenters. The van der Waals surface area contributed by atoms with Crippen molar-refractivity contribution in [1.29, 1.82) is 0 Å². The summed E-state index contributed by atoms with van der Waals surface area (Å²) in [5, 5.41) is 2.42. The lowest BCUT2D eigenvalue weighted by atomic mass is 10.2. The molecule has 0 saturated carbocycles. The van der Waals surface area contributed by atoms with Crippen LogP contribution in [0, 0.1) is 0 Å². The first kappa shape index (κ1) is 17.3. The Morgan fingerprint density at radius 2 is 2.09 bits per heavy atom. The van der Waals surface area contributed by atoms with Crippen molar-refractivity contribution in [2.24, 2.45) is 0 Å². The molecule has 2 N–H and O–H groups in total. The van der Waals surface area contributed by atoms with E-state index in [1.807, 2.05) is 17.5 Å². The molecule has 0 unspecified atom stereocenters. The van der Waals surface area contributed by atoms with Crippen molar-refractivity contribution in [3.8, 4) is 5.75 Å². The molecular weight excluding hydrogens is 336 g/mol. The van der Waals surface area contributed by atoms with E-state index in [4.69, 9.17) is 16.3 Å². The number of halogens is 1. The zero-order valence-electron chi connectivity index (χ0n) is 12.6. The highest BCUT2D eigenvalue weighted by Crippen LogP contribution is 2.22. The number of thiophene rings is 1. The summed E-state index contributed by atoms with van der Waals surface area (Å²) in [7, 11) is 1.46. The lowest BCUT2D eigenvalue weighted by Gasteiger charge is -2.10. The first-order valence-corrected chi connectivity index (χ1v) is 8.31. The van der Waals surface area contributed by atoms with Gasteiger partial charge in [0.15, 0.2) is 0 Å². The molecule has 0 fully saturated rings. The van der Waals surface area contributed by atoms with Gasteiger partial charge in [0.1, 0.15) is 5.75 Å². The van der Waals surface area contributed by atoms with Gasteiger partial charge in [-0.1, -0.05) is 17.7 Å². The number of benzene rings is 1. The molecule has 122 valence electrons. The quantitative estimate of drug-likeness (QED) is 0.784. The normalized spacial score (nSPS) is 10.2. The van der Waals surface area contributed by atoms with Crippen molar-refractivity contribution < 1.29 is 14.3 Å². The van der Waals surface area contributed by atoms with E-state index in [0.717, 1.165) is 12.8 Å². The highest BCUT2D eigenvalue weighted by molar-refractivity contribution is 7.09. The summed E-state index contributed by atoms with van der Waals surface area (Å²) in [6, 6.07) is 8.73. The van der Waals surface area contributed by atoms with Crippen LogP contribution in [0.1, 0.15) is 28.1 Å². The molecule has 1 heterocycles. The maximum Gasteiger partial charge on any atom is 0.273 e. The fourth-order valence-electron chi connectivity index (χ4n) is 1.99. The molecule has 23 heavy (non-hydrogen) atoms. The molecule has 2 aromatic rings. The summed E-state index contributed by atoms with van der Waals surface area (Å²) < 4.78 is 5.10. The molecule has 7 heteroatoms. The third-order valence-electron chi connectivity index (χ3n) is 3.13. The van der Waals surface area contributed by atoms with Gasteiger partial charge in [0.2, 0.25) is 5.91 Å². The number of rotatable bonds is 6. The molecule has 5 nitrogen and oxygen atoms in total. The largest absolute Gasteiger partial charge is 0.496 e. The van der Waals surface area contributed by atoms with Crippen LogP contribution < -0.4 is 15.6 Å². The molecule has 1 aromatic heterocycles. The number of hydrogen-bond acceptors (Lipinski definition) is 4. The number of nitrogens with one attached hydrogen (secondary N) is 2. The second-order valence-electron chi connectivity index (χ2n) is 4.78. The molecule has 0 spiro atoms. The zero-order valence-corrected chi connectivity index (χ0v) is 14.2. The van der Waals surface area contributed by atoms with E-state index in [2.05, 4.69) is 10.9 Å². The molecule has 0 aliphatic rings. The van der Waals surface area contributed by atoms with Crippen LogP contribution in [0.4, 0.5) is 0 Å². The van der Waals surface area contributed by atoms with Crippen LogP contribution >= 0.6 is 22.9 Å². The van der Waals surface area contributed by atoms with Gasteiger partial charge in [-0.25, -0.2) is 0 Å². The van der Waals surface area contributed by atoms with Crippen LogP contribution in [0.25, 0.3) is 0 Å². The van der Waals surface area contributed by atoms with Crippen molar-refractivity contribution in [2.45, 2.75) is 19.3 Å². The number of methoxy groups -OCH3 is 1.